The highest BCUT2D eigenvalue weighted by molar-refractivity contribution is 6.31. The summed E-state index contributed by atoms with van der Waals surface area (Å²) in [6.45, 7) is 2.42. The molecule has 1 fully saturated rings. The molecule has 0 atom stereocenters. The zero-order valence-electron chi connectivity index (χ0n) is 15.8. The van der Waals surface area contributed by atoms with Gasteiger partial charge in [0, 0.05) is 23.9 Å². The first-order valence-corrected chi connectivity index (χ1v) is 9.64. The number of amides is 1. The van der Waals surface area contributed by atoms with Gasteiger partial charge in [-0.3, -0.25) is 4.79 Å². The number of carbonyl (C=O) groups excluding carboxylic acids is 1. The van der Waals surface area contributed by atoms with E-state index in [0.717, 1.165) is 6.07 Å². The van der Waals surface area contributed by atoms with E-state index in [1.807, 2.05) is 0 Å². The van der Waals surface area contributed by atoms with Crippen molar-refractivity contribution in [2.45, 2.75) is 31.4 Å². The van der Waals surface area contributed by atoms with Crippen LogP contribution in [0.15, 0.2) is 42.5 Å². The molecule has 4 nitrogen and oxygen atoms in total. The first-order chi connectivity index (χ1) is 13.8. The molecule has 1 saturated heterocycles. The maximum Gasteiger partial charge on any atom is 0.420 e. The van der Waals surface area contributed by atoms with Gasteiger partial charge in [-0.25, -0.2) is 0 Å². The van der Waals surface area contributed by atoms with Crippen molar-refractivity contribution in [1.82, 2.24) is 0 Å². The van der Waals surface area contributed by atoms with Crippen molar-refractivity contribution in [1.29, 1.82) is 0 Å². The quantitative estimate of drug-likeness (QED) is 0.690. The summed E-state index contributed by atoms with van der Waals surface area (Å²) < 4.78 is 50.7. The van der Waals surface area contributed by atoms with Crippen LogP contribution in [0.3, 0.4) is 0 Å². The molecule has 0 spiro atoms. The standard InChI is InChI=1S/C21H21ClF3NO3/c1-2-29-18-8-7-14(13-16(18)21(23,24)25)26-19(27)20(9-11-28-12-10-20)15-5-3-4-6-17(15)22/h3-8,13H,2,9-12H2,1H3,(H,26,27). The lowest BCUT2D eigenvalue weighted by molar-refractivity contribution is -0.139. The Morgan fingerprint density at radius 1 is 1.21 bits per heavy atom. The van der Waals surface area contributed by atoms with Crippen molar-refractivity contribution in [3.8, 4) is 5.75 Å². The number of hydrogen-bond acceptors (Lipinski definition) is 3. The molecule has 156 valence electrons. The van der Waals surface area contributed by atoms with Gasteiger partial charge >= 0.3 is 6.18 Å². The largest absolute Gasteiger partial charge is 0.493 e. The monoisotopic (exact) mass is 427 g/mol. The highest BCUT2D eigenvalue weighted by Gasteiger charge is 2.43. The van der Waals surface area contributed by atoms with Gasteiger partial charge in [0.15, 0.2) is 0 Å². The van der Waals surface area contributed by atoms with Crippen LogP contribution < -0.4 is 10.1 Å². The average molecular weight is 428 g/mol. The number of nitrogens with one attached hydrogen (secondary N) is 1. The van der Waals surface area contributed by atoms with Gasteiger partial charge in [0.05, 0.1) is 17.6 Å². The lowest BCUT2D eigenvalue weighted by Crippen LogP contribution is -2.45. The minimum Gasteiger partial charge on any atom is -0.493 e. The summed E-state index contributed by atoms with van der Waals surface area (Å²) >= 11 is 6.35. The number of carbonyl (C=O) groups is 1. The summed E-state index contributed by atoms with van der Waals surface area (Å²) in [4.78, 5) is 13.3. The molecule has 0 aliphatic carbocycles. The van der Waals surface area contributed by atoms with Gasteiger partial charge in [-0.15, -0.1) is 0 Å². The summed E-state index contributed by atoms with van der Waals surface area (Å²) in [5.41, 5.74) is -1.22. The number of alkyl halides is 3. The van der Waals surface area contributed by atoms with Crippen molar-refractivity contribution in [2.75, 3.05) is 25.1 Å². The lowest BCUT2D eigenvalue weighted by atomic mass is 9.73. The number of halogens is 4. The number of rotatable bonds is 5. The van der Waals surface area contributed by atoms with Gasteiger partial charge < -0.3 is 14.8 Å². The van der Waals surface area contributed by atoms with Crippen LogP contribution in [0.25, 0.3) is 0 Å². The van der Waals surface area contributed by atoms with E-state index in [1.165, 1.54) is 12.1 Å². The summed E-state index contributed by atoms with van der Waals surface area (Å²) in [6, 6.07) is 10.5. The molecule has 0 aromatic heterocycles. The minimum absolute atomic E-state index is 0.0451. The van der Waals surface area contributed by atoms with Gasteiger partial charge in [-0.2, -0.15) is 13.2 Å². The zero-order valence-corrected chi connectivity index (χ0v) is 16.6. The predicted octanol–water partition coefficient (Wildman–Crippen LogP) is 5.44. The van der Waals surface area contributed by atoms with Crippen LogP contribution in [0.2, 0.25) is 5.02 Å². The summed E-state index contributed by atoms with van der Waals surface area (Å²) in [6.07, 6.45) is -3.85. The third-order valence-corrected chi connectivity index (χ3v) is 5.34. The van der Waals surface area contributed by atoms with E-state index >= 15 is 0 Å². The molecular formula is C21H21ClF3NO3. The summed E-state index contributed by atoms with van der Waals surface area (Å²) in [7, 11) is 0. The number of ether oxygens (including phenoxy) is 2. The molecule has 0 unspecified atom stereocenters. The maximum atomic E-state index is 13.4. The molecule has 1 N–H and O–H groups in total. The molecule has 1 aliphatic heterocycles. The van der Waals surface area contributed by atoms with Crippen LogP contribution in [-0.4, -0.2) is 25.7 Å². The van der Waals surface area contributed by atoms with Crippen molar-refractivity contribution in [3.63, 3.8) is 0 Å². The Morgan fingerprint density at radius 2 is 1.90 bits per heavy atom. The fourth-order valence-corrected chi connectivity index (χ4v) is 3.87. The topological polar surface area (TPSA) is 47.6 Å². The lowest BCUT2D eigenvalue weighted by Gasteiger charge is -2.36. The SMILES string of the molecule is CCOc1ccc(NC(=O)C2(c3ccccc3Cl)CCOCC2)cc1C(F)(F)F. The molecule has 1 amide bonds. The van der Waals surface area contributed by atoms with Crippen molar-refractivity contribution < 1.29 is 27.4 Å². The molecule has 29 heavy (non-hydrogen) atoms. The van der Waals surface area contributed by atoms with Crippen molar-refractivity contribution in [2.24, 2.45) is 0 Å². The summed E-state index contributed by atoms with van der Waals surface area (Å²) in [5, 5.41) is 3.09. The number of hydrogen-bond donors (Lipinski definition) is 1. The fraction of sp³-hybridized carbons (Fsp3) is 0.381. The van der Waals surface area contributed by atoms with E-state index in [4.69, 9.17) is 21.1 Å². The molecule has 2 aromatic rings. The van der Waals surface area contributed by atoms with E-state index in [0.29, 0.717) is 36.6 Å². The van der Waals surface area contributed by atoms with Crippen LogP contribution in [0, 0.1) is 0 Å². The molecule has 0 bridgehead atoms. The molecule has 0 radical (unpaired) electrons. The van der Waals surface area contributed by atoms with Crippen molar-refractivity contribution >= 4 is 23.2 Å². The normalized spacial score (nSPS) is 16.3. The van der Waals surface area contributed by atoms with Gasteiger partial charge in [0.1, 0.15) is 5.75 Å². The van der Waals surface area contributed by atoms with E-state index < -0.39 is 23.1 Å². The van der Waals surface area contributed by atoms with Crippen LogP contribution >= 0.6 is 11.6 Å². The Balaban J connectivity index is 1.96. The van der Waals surface area contributed by atoms with Gasteiger partial charge in [-0.05, 0) is 49.6 Å². The van der Waals surface area contributed by atoms with E-state index in [-0.39, 0.29) is 18.0 Å². The second kappa shape index (κ2) is 8.63. The Bertz CT molecular complexity index is 880. The minimum atomic E-state index is -4.61. The molecule has 3 rings (SSSR count). The van der Waals surface area contributed by atoms with Crippen LogP contribution in [0.4, 0.5) is 18.9 Å². The second-order valence-electron chi connectivity index (χ2n) is 6.77. The van der Waals surface area contributed by atoms with Gasteiger partial charge in [0.25, 0.3) is 0 Å². The number of benzene rings is 2. The Labute approximate surface area is 172 Å². The molecule has 1 heterocycles. The smallest absolute Gasteiger partial charge is 0.420 e. The first-order valence-electron chi connectivity index (χ1n) is 9.26. The predicted molar refractivity (Wildman–Crippen MR) is 104 cm³/mol. The molecule has 1 aliphatic rings. The van der Waals surface area contributed by atoms with E-state index in [1.54, 1.807) is 31.2 Å². The van der Waals surface area contributed by atoms with Crippen LogP contribution in [0.5, 0.6) is 5.75 Å². The molecule has 0 saturated carbocycles. The van der Waals surface area contributed by atoms with Gasteiger partial charge in [-0.1, -0.05) is 29.8 Å². The van der Waals surface area contributed by atoms with Crippen LogP contribution in [-0.2, 0) is 21.1 Å². The number of anilines is 1. The average Bonchev–Trinajstić information content (AvgIpc) is 2.69. The molecule has 8 heteroatoms. The molecule has 2 aromatic carbocycles. The van der Waals surface area contributed by atoms with E-state index in [9.17, 15) is 18.0 Å². The maximum absolute atomic E-state index is 13.4. The van der Waals surface area contributed by atoms with Gasteiger partial charge in [0.2, 0.25) is 5.91 Å². The van der Waals surface area contributed by atoms with Crippen molar-refractivity contribution in [3.05, 3.63) is 58.6 Å². The second-order valence-corrected chi connectivity index (χ2v) is 7.18. The fourth-order valence-electron chi connectivity index (χ4n) is 3.55. The Hall–Kier alpha value is -2.25. The Kier molecular flexibility index (Phi) is 6.39. The Morgan fingerprint density at radius 3 is 2.52 bits per heavy atom. The highest BCUT2D eigenvalue weighted by atomic mass is 35.5. The van der Waals surface area contributed by atoms with E-state index in [2.05, 4.69) is 5.32 Å². The first kappa shape index (κ1) is 21.5. The highest BCUT2D eigenvalue weighted by Crippen LogP contribution is 2.41. The summed E-state index contributed by atoms with van der Waals surface area (Å²) in [5.74, 6) is -0.684. The zero-order chi connectivity index (χ0) is 21.1. The molecular weight excluding hydrogens is 407 g/mol. The third-order valence-electron chi connectivity index (χ3n) is 5.01. The third kappa shape index (κ3) is 4.51. The van der Waals surface area contributed by atoms with Crippen LogP contribution in [0.1, 0.15) is 30.9 Å².